The first-order valence-corrected chi connectivity index (χ1v) is 10.1. The molecule has 0 fully saturated rings. The van der Waals surface area contributed by atoms with Gasteiger partial charge < -0.3 is 10.1 Å². The van der Waals surface area contributed by atoms with Crippen molar-refractivity contribution in [3.05, 3.63) is 64.4 Å². The number of ether oxygens (including phenoxy) is 1. The first kappa shape index (κ1) is 20.6. The standard InChI is InChI=1S/C20H23ClFNO2S/c1-3-18(25-19-10-5-4-7-14(19)2)20(24)23-11-12-26-13-15-16(21)8-6-9-17(15)22/h4-10,18H,3,11-13H2,1-2H3,(H,23,24). The summed E-state index contributed by atoms with van der Waals surface area (Å²) in [6.45, 7) is 4.35. The Morgan fingerprint density at radius 1 is 1.27 bits per heavy atom. The number of halogens is 2. The topological polar surface area (TPSA) is 38.3 Å². The van der Waals surface area contributed by atoms with E-state index in [0.29, 0.717) is 35.1 Å². The number of rotatable bonds is 9. The highest BCUT2D eigenvalue weighted by Crippen LogP contribution is 2.23. The molecular formula is C20H23ClFNO2S. The highest BCUT2D eigenvalue weighted by Gasteiger charge is 2.18. The molecule has 0 heterocycles. The zero-order valence-corrected chi connectivity index (χ0v) is 16.5. The van der Waals surface area contributed by atoms with Gasteiger partial charge in [-0.15, -0.1) is 0 Å². The van der Waals surface area contributed by atoms with Gasteiger partial charge in [0, 0.05) is 28.6 Å². The molecule has 1 amide bonds. The number of aryl methyl sites for hydroxylation is 1. The molecule has 26 heavy (non-hydrogen) atoms. The molecule has 0 aliphatic heterocycles. The van der Waals surface area contributed by atoms with Crippen LogP contribution < -0.4 is 10.1 Å². The van der Waals surface area contributed by atoms with Gasteiger partial charge in [-0.05, 0) is 37.1 Å². The Morgan fingerprint density at radius 3 is 2.73 bits per heavy atom. The molecule has 2 rings (SSSR count). The molecule has 0 saturated carbocycles. The summed E-state index contributed by atoms with van der Waals surface area (Å²) in [6.07, 6.45) is 0.0557. The lowest BCUT2D eigenvalue weighted by molar-refractivity contribution is -0.128. The van der Waals surface area contributed by atoms with Crippen LogP contribution in [-0.4, -0.2) is 24.3 Å². The number of thioether (sulfide) groups is 1. The van der Waals surface area contributed by atoms with E-state index in [2.05, 4.69) is 5.32 Å². The van der Waals surface area contributed by atoms with Crippen molar-refractivity contribution in [2.24, 2.45) is 0 Å². The van der Waals surface area contributed by atoms with Gasteiger partial charge in [0.05, 0.1) is 0 Å². The second-order valence-corrected chi connectivity index (χ2v) is 7.34. The van der Waals surface area contributed by atoms with Gasteiger partial charge in [0.1, 0.15) is 11.6 Å². The Morgan fingerprint density at radius 2 is 2.04 bits per heavy atom. The van der Waals surface area contributed by atoms with Crippen molar-refractivity contribution >= 4 is 29.3 Å². The number of nitrogens with one attached hydrogen (secondary N) is 1. The van der Waals surface area contributed by atoms with E-state index in [1.165, 1.54) is 17.8 Å². The molecule has 1 atom stereocenters. The highest BCUT2D eigenvalue weighted by atomic mass is 35.5. The minimum Gasteiger partial charge on any atom is -0.480 e. The minimum absolute atomic E-state index is 0.139. The van der Waals surface area contributed by atoms with E-state index in [1.54, 1.807) is 12.1 Å². The van der Waals surface area contributed by atoms with Crippen LogP contribution in [0, 0.1) is 12.7 Å². The predicted molar refractivity (Wildman–Crippen MR) is 106 cm³/mol. The monoisotopic (exact) mass is 395 g/mol. The molecule has 2 aromatic rings. The third-order valence-electron chi connectivity index (χ3n) is 3.88. The van der Waals surface area contributed by atoms with Crippen LogP contribution >= 0.6 is 23.4 Å². The van der Waals surface area contributed by atoms with Crippen LogP contribution in [-0.2, 0) is 10.5 Å². The third-order valence-corrected chi connectivity index (χ3v) is 5.22. The average molecular weight is 396 g/mol. The Kier molecular flexibility index (Phi) is 8.26. The number of benzene rings is 2. The summed E-state index contributed by atoms with van der Waals surface area (Å²) in [5.41, 5.74) is 1.50. The fraction of sp³-hybridized carbons (Fsp3) is 0.350. The normalized spacial score (nSPS) is 11.8. The van der Waals surface area contributed by atoms with Crippen LogP contribution in [0.1, 0.15) is 24.5 Å². The molecule has 0 bridgehead atoms. The Hall–Kier alpha value is -1.72. The molecule has 1 unspecified atom stereocenters. The maximum absolute atomic E-state index is 13.7. The van der Waals surface area contributed by atoms with Crippen molar-refractivity contribution in [1.82, 2.24) is 5.32 Å². The van der Waals surface area contributed by atoms with Crippen molar-refractivity contribution in [3.8, 4) is 5.75 Å². The van der Waals surface area contributed by atoms with Crippen LogP contribution in [0.2, 0.25) is 5.02 Å². The number of carbonyl (C=O) groups is 1. The van der Waals surface area contributed by atoms with Crippen molar-refractivity contribution < 1.29 is 13.9 Å². The van der Waals surface area contributed by atoms with E-state index in [-0.39, 0.29) is 11.7 Å². The van der Waals surface area contributed by atoms with Gasteiger partial charge in [-0.1, -0.05) is 42.8 Å². The minimum atomic E-state index is -0.526. The number of hydrogen-bond donors (Lipinski definition) is 1. The lowest BCUT2D eigenvalue weighted by Gasteiger charge is -2.18. The Bertz CT molecular complexity index is 721. The molecule has 6 heteroatoms. The number of para-hydroxylation sites is 1. The lowest BCUT2D eigenvalue weighted by Crippen LogP contribution is -2.39. The summed E-state index contributed by atoms with van der Waals surface area (Å²) in [6, 6.07) is 12.3. The first-order valence-electron chi connectivity index (χ1n) is 8.53. The molecule has 0 spiro atoms. The second kappa shape index (κ2) is 10.4. The van der Waals surface area contributed by atoms with Gasteiger partial charge in [-0.3, -0.25) is 4.79 Å². The maximum Gasteiger partial charge on any atom is 0.261 e. The van der Waals surface area contributed by atoms with Crippen molar-refractivity contribution in [2.75, 3.05) is 12.3 Å². The second-order valence-electron chi connectivity index (χ2n) is 5.82. The Balaban J connectivity index is 1.76. The molecular weight excluding hydrogens is 373 g/mol. The smallest absolute Gasteiger partial charge is 0.261 e. The van der Waals surface area contributed by atoms with E-state index in [0.717, 1.165) is 11.3 Å². The van der Waals surface area contributed by atoms with Gasteiger partial charge >= 0.3 is 0 Å². The van der Waals surface area contributed by atoms with E-state index in [4.69, 9.17) is 16.3 Å². The summed E-state index contributed by atoms with van der Waals surface area (Å²) in [7, 11) is 0. The molecule has 0 aliphatic rings. The fourth-order valence-electron chi connectivity index (χ4n) is 2.37. The molecule has 2 aromatic carbocycles. The summed E-state index contributed by atoms with van der Waals surface area (Å²) >= 11 is 7.53. The molecule has 0 aromatic heterocycles. The van der Waals surface area contributed by atoms with E-state index in [9.17, 15) is 9.18 Å². The van der Waals surface area contributed by atoms with Gasteiger partial charge in [0.2, 0.25) is 0 Å². The summed E-state index contributed by atoms with van der Waals surface area (Å²) in [5.74, 6) is 1.42. The number of amides is 1. The number of hydrogen-bond acceptors (Lipinski definition) is 3. The average Bonchev–Trinajstić information content (AvgIpc) is 2.62. The molecule has 140 valence electrons. The van der Waals surface area contributed by atoms with Crippen molar-refractivity contribution in [1.29, 1.82) is 0 Å². The van der Waals surface area contributed by atoms with Crippen LogP contribution in [0.25, 0.3) is 0 Å². The largest absolute Gasteiger partial charge is 0.480 e. The van der Waals surface area contributed by atoms with Crippen LogP contribution in [0.5, 0.6) is 5.75 Å². The molecule has 0 saturated heterocycles. The van der Waals surface area contributed by atoms with Crippen LogP contribution in [0.3, 0.4) is 0 Å². The van der Waals surface area contributed by atoms with Crippen molar-refractivity contribution in [3.63, 3.8) is 0 Å². The molecule has 3 nitrogen and oxygen atoms in total. The van der Waals surface area contributed by atoms with Gasteiger partial charge in [0.25, 0.3) is 5.91 Å². The summed E-state index contributed by atoms with van der Waals surface area (Å²) in [5, 5.41) is 3.31. The van der Waals surface area contributed by atoms with Gasteiger partial charge in [-0.2, -0.15) is 11.8 Å². The van der Waals surface area contributed by atoms with E-state index >= 15 is 0 Å². The lowest BCUT2D eigenvalue weighted by atomic mass is 10.2. The van der Waals surface area contributed by atoms with Crippen LogP contribution in [0.4, 0.5) is 4.39 Å². The molecule has 0 aliphatic carbocycles. The molecule has 1 N–H and O–H groups in total. The van der Waals surface area contributed by atoms with Crippen molar-refractivity contribution in [2.45, 2.75) is 32.1 Å². The van der Waals surface area contributed by atoms with E-state index in [1.807, 2.05) is 38.1 Å². The quantitative estimate of drug-likeness (QED) is 0.607. The Labute approximate surface area is 163 Å². The first-order chi connectivity index (χ1) is 12.5. The predicted octanol–water partition coefficient (Wildman–Crippen LogP) is 4.99. The van der Waals surface area contributed by atoms with Crippen LogP contribution in [0.15, 0.2) is 42.5 Å². The maximum atomic E-state index is 13.7. The van der Waals surface area contributed by atoms with Gasteiger partial charge in [-0.25, -0.2) is 4.39 Å². The van der Waals surface area contributed by atoms with Gasteiger partial charge in [0.15, 0.2) is 6.10 Å². The number of carbonyl (C=O) groups excluding carboxylic acids is 1. The molecule has 0 radical (unpaired) electrons. The van der Waals surface area contributed by atoms with E-state index < -0.39 is 6.10 Å². The highest BCUT2D eigenvalue weighted by molar-refractivity contribution is 7.98. The summed E-state index contributed by atoms with van der Waals surface area (Å²) < 4.78 is 19.5. The third kappa shape index (κ3) is 5.92. The SMILES string of the molecule is CCC(Oc1ccccc1C)C(=O)NCCSCc1c(F)cccc1Cl. The summed E-state index contributed by atoms with van der Waals surface area (Å²) in [4.78, 5) is 12.3. The zero-order valence-electron chi connectivity index (χ0n) is 14.9. The fourth-order valence-corrected chi connectivity index (χ4v) is 3.57. The zero-order chi connectivity index (χ0) is 18.9.